The maximum atomic E-state index is 14.3. The van der Waals surface area contributed by atoms with Gasteiger partial charge in [0.05, 0.1) is 32.0 Å². The fourth-order valence-corrected chi connectivity index (χ4v) is 6.55. The first-order chi connectivity index (χ1) is 25.9. The molecule has 2 aromatic heterocycles. The number of halogens is 4. The Bertz CT molecular complexity index is 2060. The smallest absolute Gasteiger partial charge is 0.143 e. The Balaban J connectivity index is 0.000000694. The summed E-state index contributed by atoms with van der Waals surface area (Å²) in [6.45, 7) is 21.6. The van der Waals surface area contributed by atoms with E-state index in [4.69, 9.17) is 39.8 Å². The fraction of sp³-hybridized carbons (Fsp3) is 0.348. The highest BCUT2D eigenvalue weighted by molar-refractivity contribution is 6.43. The van der Waals surface area contributed by atoms with E-state index < -0.39 is 5.82 Å². The lowest BCUT2D eigenvalue weighted by atomic mass is 9.87. The average molecular weight is 788 g/mol. The van der Waals surface area contributed by atoms with Gasteiger partial charge in [0, 0.05) is 42.2 Å². The van der Waals surface area contributed by atoms with Crippen LogP contribution in [-0.2, 0) is 0 Å². The van der Waals surface area contributed by atoms with Crippen LogP contribution in [0, 0.1) is 31.6 Å². The molecule has 5 aromatic rings. The highest BCUT2D eigenvalue weighted by atomic mass is 35.5. The molecule has 0 radical (unpaired) electrons. The van der Waals surface area contributed by atoms with Crippen LogP contribution >= 0.6 is 34.8 Å². The summed E-state index contributed by atoms with van der Waals surface area (Å²) >= 11 is 19.1. The van der Waals surface area contributed by atoms with E-state index in [2.05, 4.69) is 112 Å². The minimum Gasteiger partial charge on any atom is -0.359 e. The Morgan fingerprint density at radius 2 is 1.56 bits per heavy atom. The molecule has 3 unspecified atom stereocenters. The van der Waals surface area contributed by atoms with Crippen LogP contribution in [0.25, 0.3) is 22.2 Å². The molecular formula is C46H54Cl3FN4. The van der Waals surface area contributed by atoms with Crippen molar-refractivity contribution in [2.45, 2.75) is 92.4 Å². The third kappa shape index (κ3) is 12.0. The number of nitrogens with zero attached hydrogens (tertiary/aromatic N) is 2. The van der Waals surface area contributed by atoms with Crippen LogP contribution in [-0.4, -0.2) is 23.1 Å². The van der Waals surface area contributed by atoms with Crippen molar-refractivity contribution >= 4 is 45.7 Å². The number of nitrogens with two attached hydrogens (primary N) is 1. The number of hydrogen-bond acceptors (Lipinski definition) is 4. The van der Waals surface area contributed by atoms with Gasteiger partial charge in [-0.15, -0.1) is 0 Å². The topological polar surface area (TPSA) is 63.8 Å². The lowest BCUT2D eigenvalue weighted by Gasteiger charge is -2.24. The SMILES string of the molecule is C=C1CC1.CC.CC#CN.CCC(C)c1cc(C(CNCC(C)c2cc(C)c3ncc(Cl)cc3c2)c2ccccc2)nc(-c2ccc(F)c(Cl)c2Cl)c1C. The minimum absolute atomic E-state index is 0.0263. The van der Waals surface area contributed by atoms with Crippen LogP contribution in [0.15, 0.2) is 85.1 Å². The molecule has 0 aliphatic heterocycles. The molecule has 54 heavy (non-hydrogen) atoms. The van der Waals surface area contributed by atoms with E-state index in [0.29, 0.717) is 23.0 Å². The van der Waals surface area contributed by atoms with Crippen LogP contribution in [0.4, 0.5) is 4.39 Å². The van der Waals surface area contributed by atoms with Gasteiger partial charge in [-0.2, -0.15) is 0 Å². The number of hydrogen-bond donors (Lipinski definition) is 2. The second-order valence-electron chi connectivity index (χ2n) is 13.4. The molecule has 0 bridgehead atoms. The molecule has 4 nitrogen and oxygen atoms in total. The number of aromatic nitrogens is 2. The van der Waals surface area contributed by atoms with E-state index in [1.54, 1.807) is 19.2 Å². The molecule has 2 heterocycles. The largest absolute Gasteiger partial charge is 0.359 e. The zero-order valence-corrected chi connectivity index (χ0v) is 35.2. The summed E-state index contributed by atoms with van der Waals surface area (Å²) < 4.78 is 14.3. The van der Waals surface area contributed by atoms with Gasteiger partial charge in [0.15, 0.2) is 0 Å². The Kier molecular flexibility index (Phi) is 18.0. The van der Waals surface area contributed by atoms with Gasteiger partial charge < -0.3 is 11.1 Å². The first-order valence-corrected chi connectivity index (χ1v) is 19.8. The van der Waals surface area contributed by atoms with E-state index in [1.165, 1.54) is 35.6 Å². The summed E-state index contributed by atoms with van der Waals surface area (Å²) in [7, 11) is 0. The van der Waals surface area contributed by atoms with E-state index in [-0.39, 0.29) is 21.9 Å². The lowest BCUT2D eigenvalue weighted by Crippen LogP contribution is -2.27. The van der Waals surface area contributed by atoms with Gasteiger partial charge in [-0.25, -0.2) is 4.39 Å². The number of allylic oxidation sites excluding steroid dienone is 1. The van der Waals surface area contributed by atoms with Gasteiger partial charge in [-0.05, 0) is 110 Å². The van der Waals surface area contributed by atoms with Gasteiger partial charge >= 0.3 is 0 Å². The molecule has 3 atom stereocenters. The summed E-state index contributed by atoms with van der Waals surface area (Å²) in [5.41, 5.74) is 15.1. The highest BCUT2D eigenvalue weighted by Crippen LogP contribution is 2.40. The molecule has 1 fully saturated rings. The van der Waals surface area contributed by atoms with E-state index in [0.717, 1.165) is 51.9 Å². The number of rotatable bonds is 10. The maximum absolute atomic E-state index is 14.3. The molecule has 1 aliphatic rings. The van der Waals surface area contributed by atoms with Crippen LogP contribution in [0.5, 0.6) is 0 Å². The third-order valence-electron chi connectivity index (χ3n) is 9.40. The minimum atomic E-state index is -0.544. The Labute approximate surface area is 337 Å². The van der Waals surface area contributed by atoms with Gasteiger partial charge in [0.2, 0.25) is 0 Å². The molecule has 1 saturated carbocycles. The number of benzene rings is 3. The maximum Gasteiger partial charge on any atom is 0.143 e. The average Bonchev–Trinajstić information content (AvgIpc) is 3.98. The molecule has 1 aliphatic carbocycles. The van der Waals surface area contributed by atoms with Crippen molar-refractivity contribution in [3.63, 3.8) is 0 Å². The van der Waals surface area contributed by atoms with Crippen LogP contribution in [0.3, 0.4) is 0 Å². The summed E-state index contributed by atoms with van der Waals surface area (Å²) in [4.78, 5) is 9.73. The molecule has 0 amide bonds. The molecular weight excluding hydrogens is 734 g/mol. The number of pyridine rings is 2. The zero-order chi connectivity index (χ0) is 39.9. The predicted octanol–water partition coefficient (Wildman–Crippen LogP) is 13.3. The second kappa shape index (κ2) is 21.8. The van der Waals surface area contributed by atoms with Crippen molar-refractivity contribution in [2.24, 2.45) is 5.73 Å². The van der Waals surface area contributed by atoms with Crippen molar-refractivity contribution in [1.29, 1.82) is 0 Å². The Morgan fingerprint density at radius 3 is 2.15 bits per heavy atom. The zero-order valence-electron chi connectivity index (χ0n) is 32.9. The first-order valence-electron chi connectivity index (χ1n) is 18.7. The number of aryl methyl sites for hydroxylation is 1. The lowest BCUT2D eigenvalue weighted by molar-refractivity contribution is 0.580. The third-order valence-corrected chi connectivity index (χ3v) is 10.5. The van der Waals surface area contributed by atoms with E-state index in [9.17, 15) is 4.39 Å². The molecule has 8 heteroatoms. The predicted molar refractivity (Wildman–Crippen MR) is 232 cm³/mol. The van der Waals surface area contributed by atoms with E-state index in [1.807, 2.05) is 26.0 Å². The molecule has 0 spiro atoms. The van der Waals surface area contributed by atoms with E-state index >= 15 is 0 Å². The Hall–Kier alpha value is -3.92. The molecule has 0 saturated heterocycles. The standard InChI is InChI=1S/C37H37Cl3FN3.C4H6.C3H5N.C2H6/c1-6-21(2)30-17-33(44-37(24(30)5)29-12-13-32(41)35(40)34(29)39)31(25-10-8-7-9-11-25)20-42-18-23(4)26-14-22(3)36-27(15-26)16-28(38)19-43-36;1-4-2-3-4;1-2-3-4;1-2/h7-17,19,21,23,31,42H,6,18,20H2,1-5H3;1-3H2;4H2,1H3;1-2H3. The number of fused-ring (bicyclic) bond motifs is 1. The van der Waals surface area contributed by atoms with Crippen molar-refractivity contribution in [1.82, 2.24) is 15.3 Å². The summed E-state index contributed by atoms with van der Waals surface area (Å²) in [5, 5.41) is 5.53. The van der Waals surface area contributed by atoms with Gasteiger partial charge in [0.1, 0.15) is 5.82 Å². The normalized spacial score (nSPS) is 13.1. The van der Waals surface area contributed by atoms with Gasteiger partial charge in [-0.1, -0.05) is 124 Å². The molecule has 6 rings (SSSR count). The first kappa shape index (κ1) is 44.5. The fourth-order valence-electron chi connectivity index (χ4n) is 5.98. The quantitative estimate of drug-likeness (QED) is 0.0640. The van der Waals surface area contributed by atoms with Crippen LogP contribution < -0.4 is 11.1 Å². The Morgan fingerprint density at radius 1 is 0.907 bits per heavy atom. The van der Waals surface area contributed by atoms with Crippen molar-refractivity contribution in [2.75, 3.05) is 13.1 Å². The van der Waals surface area contributed by atoms with Gasteiger partial charge in [-0.3, -0.25) is 9.97 Å². The molecule has 286 valence electrons. The van der Waals surface area contributed by atoms with Crippen LogP contribution in [0.1, 0.15) is 112 Å². The van der Waals surface area contributed by atoms with Crippen LogP contribution in [0.2, 0.25) is 15.1 Å². The summed E-state index contributed by atoms with van der Waals surface area (Å²) in [5.74, 6) is 2.44. The number of nitrogens with one attached hydrogen (secondary N) is 1. The van der Waals surface area contributed by atoms with Crippen molar-refractivity contribution in [3.05, 3.63) is 139 Å². The monoisotopic (exact) mass is 786 g/mol. The second-order valence-corrected chi connectivity index (χ2v) is 14.6. The summed E-state index contributed by atoms with van der Waals surface area (Å²) in [6.07, 6.45) is 5.25. The van der Waals surface area contributed by atoms with Gasteiger partial charge in [0.25, 0.3) is 0 Å². The molecule has 3 aromatic carbocycles. The summed E-state index contributed by atoms with van der Waals surface area (Å²) in [6, 6.07) is 24.3. The van der Waals surface area contributed by atoms with Crippen molar-refractivity contribution < 1.29 is 4.39 Å². The molecule has 3 N–H and O–H groups in total. The van der Waals surface area contributed by atoms with Crippen molar-refractivity contribution in [3.8, 4) is 23.2 Å². The highest BCUT2D eigenvalue weighted by Gasteiger charge is 2.24.